The molecule has 186 valence electrons. The topological polar surface area (TPSA) is 109 Å². The summed E-state index contributed by atoms with van der Waals surface area (Å²) in [5.74, 6) is -2.43. The van der Waals surface area contributed by atoms with E-state index < -0.39 is 12.1 Å². The van der Waals surface area contributed by atoms with Gasteiger partial charge in [0.2, 0.25) is 0 Å². The van der Waals surface area contributed by atoms with E-state index in [0.29, 0.717) is 22.0 Å². The summed E-state index contributed by atoms with van der Waals surface area (Å²) in [7, 11) is 0. The zero-order valence-electron chi connectivity index (χ0n) is 18.4. The van der Waals surface area contributed by atoms with Gasteiger partial charge in [-0.15, -0.1) is 0 Å². The van der Waals surface area contributed by atoms with Crippen LogP contribution >= 0.6 is 11.6 Å². The number of aromatic amines is 1. The molecule has 0 bridgehead atoms. The maximum absolute atomic E-state index is 14.0. The number of carboxylic acids is 1. The number of nitrogens with zero attached hydrogens (tertiary/aromatic N) is 4. The lowest BCUT2D eigenvalue weighted by Gasteiger charge is -2.18. The van der Waals surface area contributed by atoms with Crippen LogP contribution in [0.5, 0.6) is 0 Å². The van der Waals surface area contributed by atoms with Crippen molar-refractivity contribution >= 4 is 45.5 Å². The summed E-state index contributed by atoms with van der Waals surface area (Å²) in [5, 5.41) is 12.2. The fourth-order valence-corrected chi connectivity index (χ4v) is 3.73. The normalized spacial score (nSPS) is 12.3. The smallest absolute Gasteiger partial charge is 0.475 e. The molecule has 0 saturated carbocycles. The summed E-state index contributed by atoms with van der Waals surface area (Å²) >= 11 is 6.25. The maximum Gasteiger partial charge on any atom is 0.490 e. The number of hydrogen-bond donors (Lipinski definition) is 3. The van der Waals surface area contributed by atoms with Crippen molar-refractivity contribution in [3.63, 3.8) is 0 Å². The predicted octanol–water partition coefficient (Wildman–Crippen LogP) is 5.90. The number of alkyl halides is 3. The van der Waals surface area contributed by atoms with Crippen LogP contribution in [0.4, 0.5) is 23.4 Å². The number of nitrogens with one attached hydrogen (secondary N) is 2. The Morgan fingerprint density at radius 2 is 1.89 bits per heavy atom. The minimum atomic E-state index is -5.08. The number of aliphatic carboxylic acids is 1. The molecular formula is C23H17ClF4N6O2. The van der Waals surface area contributed by atoms with E-state index in [1.165, 1.54) is 18.5 Å². The van der Waals surface area contributed by atoms with Crippen LogP contribution in [-0.4, -0.2) is 41.8 Å². The molecule has 36 heavy (non-hydrogen) atoms. The molecule has 0 aliphatic rings. The van der Waals surface area contributed by atoms with E-state index in [0.717, 1.165) is 22.3 Å². The van der Waals surface area contributed by atoms with Gasteiger partial charge in [-0.2, -0.15) is 13.2 Å². The third-order valence-electron chi connectivity index (χ3n) is 5.12. The van der Waals surface area contributed by atoms with E-state index in [4.69, 9.17) is 21.5 Å². The van der Waals surface area contributed by atoms with E-state index >= 15 is 0 Å². The van der Waals surface area contributed by atoms with Crippen LogP contribution in [0.25, 0.3) is 27.8 Å². The summed E-state index contributed by atoms with van der Waals surface area (Å²) in [6, 6.07) is 14.1. The molecule has 2 aromatic carbocycles. The number of carbonyl (C=O) groups is 1. The molecule has 0 saturated heterocycles. The Morgan fingerprint density at radius 1 is 1.14 bits per heavy atom. The third-order valence-corrected chi connectivity index (χ3v) is 5.35. The van der Waals surface area contributed by atoms with Crippen molar-refractivity contribution in [2.45, 2.75) is 19.1 Å². The molecule has 0 aliphatic carbocycles. The number of aromatic nitrogens is 5. The van der Waals surface area contributed by atoms with E-state index in [9.17, 15) is 17.6 Å². The lowest BCUT2D eigenvalue weighted by molar-refractivity contribution is -0.192. The molecule has 5 aromatic rings. The predicted molar refractivity (Wildman–Crippen MR) is 126 cm³/mol. The lowest BCUT2D eigenvalue weighted by atomic mass is 10.2. The van der Waals surface area contributed by atoms with Crippen LogP contribution < -0.4 is 5.32 Å². The van der Waals surface area contributed by atoms with Crippen molar-refractivity contribution in [1.29, 1.82) is 0 Å². The summed E-state index contributed by atoms with van der Waals surface area (Å²) in [4.78, 5) is 24.7. The molecule has 0 aliphatic heterocycles. The summed E-state index contributed by atoms with van der Waals surface area (Å²) in [6.07, 6.45) is -2.02. The summed E-state index contributed by atoms with van der Waals surface area (Å²) in [6.45, 7) is 2.02. The second-order valence-electron chi connectivity index (χ2n) is 7.58. The van der Waals surface area contributed by atoms with E-state index in [2.05, 4.69) is 31.3 Å². The van der Waals surface area contributed by atoms with Gasteiger partial charge >= 0.3 is 12.1 Å². The monoisotopic (exact) mass is 520 g/mol. The van der Waals surface area contributed by atoms with Gasteiger partial charge in [0.05, 0.1) is 17.9 Å². The standard InChI is InChI=1S/C21H16ClFN6.C2HF3O2/c1-12(28-21-19-20(25-10-24-19)26-11-27-21)17-7-13-5-6-14(22)8-18(13)29(17)16-4-2-3-15(23)9-16;3-2(4,5)1(6)7/h2-12H,1H3,(H2,24,25,26,27,28);(H,6,7). The molecule has 3 heterocycles. The van der Waals surface area contributed by atoms with Crippen LogP contribution in [0, 0.1) is 5.82 Å². The molecule has 3 N–H and O–H groups in total. The van der Waals surface area contributed by atoms with Gasteiger partial charge in [0.25, 0.3) is 0 Å². The Hall–Kier alpha value is -4.19. The van der Waals surface area contributed by atoms with Crippen LogP contribution in [-0.2, 0) is 4.79 Å². The van der Waals surface area contributed by atoms with E-state index in [1.807, 2.05) is 35.8 Å². The second kappa shape index (κ2) is 9.82. The average molecular weight is 521 g/mol. The van der Waals surface area contributed by atoms with Gasteiger partial charge in [-0.3, -0.25) is 0 Å². The molecule has 0 amide bonds. The van der Waals surface area contributed by atoms with Crippen molar-refractivity contribution in [2.75, 3.05) is 5.32 Å². The molecule has 5 rings (SSSR count). The molecule has 1 unspecified atom stereocenters. The minimum Gasteiger partial charge on any atom is -0.475 e. The van der Waals surface area contributed by atoms with Crippen LogP contribution in [0.15, 0.2) is 61.2 Å². The molecule has 1 atom stereocenters. The Labute approximate surface area is 205 Å². The first-order valence-electron chi connectivity index (χ1n) is 10.3. The van der Waals surface area contributed by atoms with Gasteiger partial charge in [-0.1, -0.05) is 23.7 Å². The Kier molecular flexibility index (Phi) is 6.80. The second-order valence-corrected chi connectivity index (χ2v) is 8.02. The van der Waals surface area contributed by atoms with Crippen molar-refractivity contribution in [1.82, 2.24) is 24.5 Å². The minimum absolute atomic E-state index is 0.153. The number of imidazole rings is 1. The highest BCUT2D eigenvalue weighted by molar-refractivity contribution is 6.31. The third kappa shape index (κ3) is 5.23. The summed E-state index contributed by atoms with van der Waals surface area (Å²) < 4.78 is 47.7. The molecule has 0 spiro atoms. The molecule has 13 heteroatoms. The van der Waals surface area contributed by atoms with Gasteiger partial charge < -0.3 is 20.0 Å². The van der Waals surface area contributed by atoms with Crippen LogP contribution in [0.3, 0.4) is 0 Å². The Bertz CT molecular complexity index is 1550. The van der Waals surface area contributed by atoms with E-state index in [-0.39, 0.29) is 11.9 Å². The zero-order chi connectivity index (χ0) is 26.0. The van der Waals surface area contributed by atoms with Gasteiger partial charge in [-0.25, -0.2) is 24.1 Å². The van der Waals surface area contributed by atoms with E-state index in [1.54, 1.807) is 12.4 Å². The van der Waals surface area contributed by atoms with Gasteiger partial charge in [0.1, 0.15) is 17.7 Å². The number of halogens is 5. The Balaban J connectivity index is 0.000000384. The average Bonchev–Trinajstić information content (AvgIpc) is 3.44. The highest BCUT2D eigenvalue weighted by Crippen LogP contribution is 2.32. The van der Waals surface area contributed by atoms with Crippen LogP contribution in [0.2, 0.25) is 5.02 Å². The molecule has 0 fully saturated rings. The van der Waals surface area contributed by atoms with Gasteiger partial charge in [-0.05, 0) is 43.3 Å². The Morgan fingerprint density at radius 3 is 2.58 bits per heavy atom. The largest absolute Gasteiger partial charge is 0.490 e. The van der Waals surface area contributed by atoms with Crippen LogP contribution in [0.1, 0.15) is 18.7 Å². The molecule has 0 radical (unpaired) electrons. The number of benzene rings is 2. The molecule has 8 nitrogen and oxygen atoms in total. The van der Waals surface area contributed by atoms with Crippen molar-refractivity contribution in [3.8, 4) is 5.69 Å². The fraction of sp³-hybridized carbons (Fsp3) is 0.130. The van der Waals surface area contributed by atoms with Crippen molar-refractivity contribution in [2.24, 2.45) is 0 Å². The first-order valence-corrected chi connectivity index (χ1v) is 10.7. The van der Waals surface area contributed by atoms with Crippen molar-refractivity contribution in [3.05, 3.63) is 77.7 Å². The highest BCUT2D eigenvalue weighted by atomic mass is 35.5. The number of carboxylic acid groups (broad SMARTS) is 1. The quantitative estimate of drug-likeness (QED) is 0.255. The first kappa shape index (κ1) is 24.9. The van der Waals surface area contributed by atoms with Crippen molar-refractivity contribution < 1.29 is 27.5 Å². The highest BCUT2D eigenvalue weighted by Gasteiger charge is 2.38. The van der Waals surface area contributed by atoms with Gasteiger partial charge in [0, 0.05) is 21.8 Å². The summed E-state index contributed by atoms with van der Waals surface area (Å²) in [5.41, 5.74) is 3.89. The number of hydrogen-bond acceptors (Lipinski definition) is 5. The number of anilines is 1. The van der Waals surface area contributed by atoms with Gasteiger partial charge in [0.15, 0.2) is 11.5 Å². The number of H-pyrrole nitrogens is 1. The molecular weight excluding hydrogens is 504 g/mol. The number of fused-ring (bicyclic) bond motifs is 2. The lowest BCUT2D eigenvalue weighted by Crippen LogP contribution is -2.21. The fourth-order valence-electron chi connectivity index (χ4n) is 3.57. The first-order chi connectivity index (χ1) is 17.0. The molecule has 3 aromatic heterocycles. The number of rotatable bonds is 4. The SMILES string of the molecule is CC(Nc1ncnc2[nH]cnc12)c1cc2ccc(Cl)cc2n1-c1cccc(F)c1.O=C(O)C(F)(F)F. The zero-order valence-corrected chi connectivity index (χ0v) is 19.1. The maximum atomic E-state index is 14.0.